The number of hydrogen-bond acceptors (Lipinski definition) is 4. The van der Waals surface area contributed by atoms with Crippen LogP contribution < -0.4 is 10.0 Å². The molecule has 6 nitrogen and oxygen atoms in total. The maximum absolute atomic E-state index is 11.6. The van der Waals surface area contributed by atoms with Gasteiger partial charge in [0.1, 0.15) is 0 Å². The van der Waals surface area contributed by atoms with Gasteiger partial charge in [-0.3, -0.25) is 4.79 Å². The van der Waals surface area contributed by atoms with Gasteiger partial charge >= 0.3 is 0 Å². The number of sulfonamides is 1. The summed E-state index contributed by atoms with van der Waals surface area (Å²) in [7, 11) is -0.219. The molecule has 1 aromatic rings. The Morgan fingerprint density at radius 3 is 2.45 bits per heavy atom. The highest BCUT2D eigenvalue weighted by Gasteiger charge is 2.22. The van der Waals surface area contributed by atoms with Gasteiger partial charge in [0.15, 0.2) is 0 Å². The minimum Gasteiger partial charge on any atom is -0.381 e. The number of benzene rings is 1. The molecule has 20 heavy (non-hydrogen) atoms. The molecule has 7 heteroatoms. The maximum Gasteiger partial charge on any atom is 0.240 e. The first kappa shape index (κ1) is 14.8. The van der Waals surface area contributed by atoms with Crippen LogP contribution in [0.1, 0.15) is 12.8 Å². The predicted octanol–water partition coefficient (Wildman–Crippen LogP) is 0.627. The van der Waals surface area contributed by atoms with E-state index >= 15 is 0 Å². The lowest BCUT2D eigenvalue weighted by atomic mass is 10.1. The van der Waals surface area contributed by atoms with Gasteiger partial charge in [-0.05, 0) is 37.7 Å². The molecule has 110 valence electrons. The second-order valence-corrected chi connectivity index (χ2v) is 6.77. The number of hydrogen-bond donors (Lipinski definition) is 2. The molecule has 1 atom stereocenters. The van der Waals surface area contributed by atoms with Crippen LogP contribution in [0.3, 0.4) is 0 Å². The molecule has 0 radical (unpaired) electrons. The first-order valence-corrected chi connectivity index (χ1v) is 7.95. The number of rotatable bonds is 4. The molecule has 1 heterocycles. The highest BCUT2D eigenvalue weighted by Crippen LogP contribution is 2.18. The van der Waals surface area contributed by atoms with E-state index < -0.39 is 10.0 Å². The van der Waals surface area contributed by atoms with Crippen molar-refractivity contribution in [2.45, 2.75) is 23.8 Å². The van der Waals surface area contributed by atoms with E-state index in [0.29, 0.717) is 13.0 Å². The van der Waals surface area contributed by atoms with E-state index in [9.17, 15) is 13.2 Å². The number of nitrogens with zero attached hydrogens (tertiary/aromatic N) is 1. The summed E-state index contributed by atoms with van der Waals surface area (Å²) < 4.78 is 25.5. The first-order chi connectivity index (χ1) is 9.42. The number of anilines is 1. The number of carbonyl (C=O) groups is 1. The minimum absolute atomic E-state index is 0.165. The van der Waals surface area contributed by atoms with Crippen LogP contribution >= 0.6 is 0 Å². The van der Waals surface area contributed by atoms with E-state index in [1.54, 1.807) is 36.2 Å². The van der Waals surface area contributed by atoms with E-state index in [1.807, 2.05) is 0 Å². The fraction of sp³-hybridized carbons (Fsp3) is 0.462. The zero-order chi connectivity index (χ0) is 14.8. The van der Waals surface area contributed by atoms with E-state index in [4.69, 9.17) is 0 Å². The van der Waals surface area contributed by atoms with Crippen molar-refractivity contribution in [3.63, 3.8) is 0 Å². The lowest BCUT2D eigenvalue weighted by Gasteiger charge is -2.30. The fourth-order valence-electron chi connectivity index (χ4n) is 2.21. The molecular formula is C13H19N3O3S. The topological polar surface area (TPSA) is 78.5 Å². The van der Waals surface area contributed by atoms with E-state index in [-0.39, 0.29) is 16.8 Å². The van der Waals surface area contributed by atoms with E-state index in [1.165, 1.54) is 7.05 Å². The van der Waals surface area contributed by atoms with Crippen molar-refractivity contribution in [2.24, 2.45) is 0 Å². The van der Waals surface area contributed by atoms with Crippen LogP contribution in [0.25, 0.3) is 0 Å². The molecule has 2 N–H and O–H groups in total. The molecular weight excluding hydrogens is 278 g/mol. The van der Waals surface area contributed by atoms with Crippen LogP contribution in [-0.2, 0) is 14.8 Å². The number of nitrogens with one attached hydrogen (secondary N) is 2. The predicted molar refractivity (Wildman–Crippen MR) is 77.0 cm³/mol. The van der Waals surface area contributed by atoms with Crippen molar-refractivity contribution in [3.05, 3.63) is 24.3 Å². The first-order valence-electron chi connectivity index (χ1n) is 6.46. The zero-order valence-electron chi connectivity index (χ0n) is 11.6. The third-order valence-corrected chi connectivity index (χ3v) is 4.86. The largest absolute Gasteiger partial charge is 0.381 e. The van der Waals surface area contributed by atoms with Crippen molar-refractivity contribution in [2.75, 3.05) is 26.0 Å². The van der Waals surface area contributed by atoms with Crippen molar-refractivity contribution in [3.8, 4) is 0 Å². The Labute approximate surface area is 119 Å². The van der Waals surface area contributed by atoms with Crippen LogP contribution in [-0.4, -0.2) is 45.9 Å². The third kappa shape index (κ3) is 3.29. The summed E-state index contributed by atoms with van der Waals surface area (Å²) in [4.78, 5) is 13.4. The molecule has 1 amide bonds. The van der Waals surface area contributed by atoms with Crippen LogP contribution in [0.4, 0.5) is 5.69 Å². The minimum atomic E-state index is -3.39. The Kier molecular flexibility index (Phi) is 4.29. The summed E-state index contributed by atoms with van der Waals surface area (Å²) >= 11 is 0. The van der Waals surface area contributed by atoms with E-state index in [2.05, 4.69) is 10.0 Å². The molecule has 1 saturated heterocycles. The molecule has 1 aliphatic rings. The average Bonchev–Trinajstić information content (AvgIpc) is 2.43. The van der Waals surface area contributed by atoms with Crippen molar-refractivity contribution in [1.29, 1.82) is 0 Å². The van der Waals surface area contributed by atoms with Gasteiger partial charge in [0.05, 0.1) is 4.90 Å². The Morgan fingerprint density at radius 1 is 1.25 bits per heavy atom. The van der Waals surface area contributed by atoms with Gasteiger partial charge in [-0.25, -0.2) is 13.1 Å². The SMILES string of the molecule is CNS(=O)(=O)c1ccc(NC2CCC(=O)N(C)C2)cc1. The Morgan fingerprint density at radius 2 is 1.90 bits per heavy atom. The Bertz CT molecular complexity index is 583. The molecule has 1 aromatic carbocycles. The Balaban J connectivity index is 2.03. The molecule has 1 aliphatic heterocycles. The Hall–Kier alpha value is -1.60. The standard InChI is InChI=1S/C13H19N3O3S/c1-14-20(18,19)12-6-3-10(4-7-12)15-11-5-8-13(17)16(2)9-11/h3-4,6-7,11,14-15H,5,8-9H2,1-2H3. The number of likely N-dealkylation sites (N-methyl/N-ethyl adjacent to an activating group) is 1. The van der Waals surface area contributed by atoms with Gasteiger partial charge in [0.25, 0.3) is 0 Å². The van der Waals surface area contributed by atoms with Gasteiger partial charge < -0.3 is 10.2 Å². The second-order valence-electron chi connectivity index (χ2n) is 4.89. The quantitative estimate of drug-likeness (QED) is 0.854. The molecule has 1 fully saturated rings. The van der Waals surface area contributed by atoms with Gasteiger partial charge in [-0.15, -0.1) is 0 Å². The van der Waals surface area contributed by atoms with Gasteiger partial charge in [-0.2, -0.15) is 0 Å². The van der Waals surface area contributed by atoms with Crippen LogP contribution in [0.2, 0.25) is 0 Å². The number of carbonyl (C=O) groups excluding carboxylic acids is 1. The third-order valence-electron chi connectivity index (χ3n) is 3.43. The van der Waals surface area contributed by atoms with Crippen LogP contribution in [0.5, 0.6) is 0 Å². The molecule has 0 aromatic heterocycles. The summed E-state index contributed by atoms with van der Waals surface area (Å²) in [6.07, 6.45) is 1.33. The van der Waals surface area contributed by atoms with Crippen molar-refractivity contribution < 1.29 is 13.2 Å². The lowest BCUT2D eigenvalue weighted by Crippen LogP contribution is -2.43. The van der Waals surface area contributed by atoms with Crippen LogP contribution in [0, 0.1) is 0 Å². The highest BCUT2D eigenvalue weighted by molar-refractivity contribution is 7.89. The lowest BCUT2D eigenvalue weighted by molar-refractivity contribution is -0.132. The average molecular weight is 297 g/mol. The summed E-state index contributed by atoms with van der Waals surface area (Å²) in [6, 6.07) is 6.79. The summed E-state index contributed by atoms with van der Waals surface area (Å²) in [5.41, 5.74) is 0.854. The number of piperidine rings is 1. The molecule has 2 rings (SSSR count). The normalized spacial score (nSPS) is 20.0. The van der Waals surface area contributed by atoms with Crippen molar-refractivity contribution >= 4 is 21.6 Å². The molecule has 0 spiro atoms. The zero-order valence-corrected chi connectivity index (χ0v) is 12.4. The molecule has 1 unspecified atom stereocenters. The van der Waals surface area contributed by atoms with Gasteiger partial charge in [0, 0.05) is 31.7 Å². The van der Waals surface area contributed by atoms with Gasteiger partial charge in [-0.1, -0.05) is 0 Å². The monoisotopic (exact) mass is 297 g/mol. The summed E-state index contributed by atoms with van der Waals surface area (Å²) in [6.45, 7) is 0.662. The summed E-state index contributed by atoms with van der Waals surface area (Å²) in [5, 5.41) is 3.32. The number of likely N-dealkylation sites (tertiary alicyclic amines) is 1. The fourth-order valence-corrected chi connectivity index (χ4v) is 2.94. The van der Waals surface area contributed by atoms with Gasteiger partial charge in [0.2, 0.25) is 15.9 Å². The molecule has 0 bridgehead atoms. The van der Waals surface area contributed by atoms with E-state index in [0.717, 1.165) is 12.1 Å². The molecule has 0 saturated carbocycles. The second kappa shape index (κ2) is 5.80. The molecule has 0 aliphatic carbocycles. The highest BCUT2D eigenvalue weighted by atomic mass is 32.2. The van der Waals surface area contributed by atoms with Crippen molar-refractivity contribution in [1.82, 2.24) is 9.62 Å². The number of amides is 1. The maximum atomic E-state index is 11.6. The smallest absolute Gasteiger partial charge is 0.240 e. The summed E-state index contributed by atoms with van der Waals surface area (Å²) in [5.74, 6) is 0.165. The van der Waals surface area contributed by atoms with Crippen LogP contribution in [0.15, 0.2) is 29.2 Å².